The summed E-state index contributed by atoms with van der Waals surface area (Å²) in [6.07, 6.45) is 3.79. The molecule has 1 aromatic heterocycles. The van der Waals surface area contributed by atoms with Crippen LogP contribution in [0.2, 0.25) is 5.15 Å². The first-order chi connectivity index (χ1) is 9.38. The lowest BCUT2D eigenvalue weighted by Crippen LogP contribution is -2.36. The highest BCUT2D eigenvalue weighted by atomic mass is 35.5. The molecule has 1 aliphatic rings. The Bertz CT molecular complexity index is 476. The summed E-state index contributed by atoms with van der Waals surface area (Å²) < 4.78 is 6.16. The molecule has 1 fully saturated rings. The van der Waals surface area contributed by atoms with E-state index in [4.69, 9.17) is 16.3 Å². The maximum Gasteiger partial charge on any atom is 0.252 e. The molecule has 0 amide bonds. The molecular formula is C16H25ClN2O. The van der Waals surface area contributed by atoms with Crippen LogP contribution in [-0.4, -0.2) is 16.1 Å². The average Bonchev–Trinajstić information content (AvgIpc) is 2.35. The molecule has 0 saturated heterocycles. The van der Waals surface area contributed by atoms with Crippen molar-refractivity contribution in [1.82, 2.24) is 9.97 Å². The van der Waals surface area contributed by atoms with Gasteiger partial charge in [-0.3, -0.25) is 0 Å². The topological polar surface area (TPSA) is 35.0 Å². The van der Waals surface area contributed by atoms with Gasteiger partial charge in [0.2, 0.25) is 0 Å². The lowest BCUT2D eigenvalue weighted by Gasteiger charge is -2.37. The van der Waals surface area contributed by atoms with Gasteiger partial charge in [-0.25, -0.2) is 9.97 Å². The van der Waals surface area contributed by atoms with Gasteiger partial charge < -0.3 is 4.74 Å². The molecule has 2 rings (SSSR count). The van der Waals surface area contributed by atoms with Crippen molar-refractivity contribution in [2.24, 2.45) is 17.8 Å². The molecule has 1 saturated carbocycles. The van der Waals surface area contributed by atoms with Crippen molar-refractivity contribution >= 4 is 11.6 Å². The summed E-state index contributed by atoms with van der Waals surface area (Å²) in [7, 11) is 0. The number of nitrogens with zero attached hydrogens (tertiary/aromatic N) is 2. The molecule has 0 radical (unpaired) electrons. The predicted octanol–water partition coefficient (Wildman–Crippen LogP) is 4.59. The van der Waals surface area contributed by atoms with Gasteiger partial charge in [0, 0.05) is 0 Å². The van der Waals surface area contributed by atoms with E-state index in [1.165, 1.54) is 12.8 Å². The van der Waals surface area contributed by atoms with E-state index < -0.39 is 0 Å². The van der Waals surface area contributed by atoms with E-state index in [9.17, 15) is 0 Å². The molecule has 3 atom stereocenters. The maximum atomic E-state index is 6.19. The minimum Gasteiger partial charge on any atom is -0.472 e. The van der Waals surface area contributed by atoms with Crippen LogP contribution >= 0.6 is 11.6 Å². The molecule has 112 valence electrons. The van der Waals surface area contributed by atoms with Gasteiger partial charge in [0.1, 0.15) is 6.10 Å². The molecule has 3 nitrogen and oxygen atoms in total. The molecule has 1 aromatic rings. The number of ether oxygens (including phenoxy) is 1. The van der Waals surface area contributed by atoms with Crippen LogP contribution < -0.4 is 4.74 Å². The number of aryl methyl sites for hydroxylation is 2. The van der Waals surface area contributed by atoms with Crippen molar-refractivity contribution < 1.29 is 4.74 Å². The summed E-state index contributed by atoms with van der Waals surface area (Å²) in [6.45, 7) is 10.7. The zero-order valence-corrected chi connectivity index (χ0v) is 13.9. The molecule has 0 aromatic carbocycles. The number of hydrogen-bond donors (Lipinski definition) is 0. The summed E-state index contributed by atoms with van der Waals surface area (Å²) in [5.74, 6) is 2.39. The van der Waals surface area contributed by atoms with Crippen LogP contribution in [0, 0.1) is 31.6 Å². The van der Waals surface area contributed by atoms with Crippen LogP contribution in [0.25, 0.3) is 0 Å². The van der Waals surface area contributed by atoms with Gasteiger partial charge in [-0.1, -0.05) is 38.8 Å². The Hall–Kier alpha value is -0.830. The van der Waals surface area contributed by atoms with Gasteiger partial charge in [0.15, 0.2) is 5.15 Å². The van der Waals surface area contributed by atoms with Crippen molar-refractivity contribution in [3.8, 4) is 5.88 Å². The molecule has 0 aliphatic heterocycles. The Balaban J connectivity index is 2.20. The van der Waals surface area contributed by atoms with Crippen LogP contribution in [0.15, 0.2) is 0 Å². The molecule has 0 N–H and O–H groups in total. The van der Waals surface area contributed by atoms with Gasteiger partial charge in [-0.15, -0.1) is 0 Å². The second-order valence-electron chi connectivity index (χ2n) is 6.47. The first-order valence-corrected chi connectivity index (χ1v) is 7.93. The third-order valence-electron chi connectivity index (χ3n) is 4.46. The highest BCUT2D eigenvalue weighted by Crippen LogP contribution is 2.36. The van der Waals surface area contributed by atoms with E-state index >= 15 is 0 Å². The third-order valence-corrected chi connectivity index (χ3v) is 4.71. The number of rotatable bonds is 3. The molecule has 0 spiro atoms. The highest BCUT2D eigenvalue weighted by molar-refractivity contribution is 6.30. The third kappa shape index (κ3) is 3.43. The predicted molar refractivity (Wildman–Crippen MR) is 82.3 cm³/mol. The Kier molecular flexibility index (Phi) is 4.90. The minimum atomic E-state index is 0.202. The number of halogens is 1. The Morgan fingerprint density at radius 2 is 1.80 bits per heavy atom. The number of aromatic nitrogens is 2. The maximum absolute atomic E-state index is 6.19. The zero-order valence-electron chi connectivity index (χ0n) is 13.1. The average molecular weight is 297 g/mol. The molecule has 20 heavy (non-hydrogen) atoms. The molecule has 1 aliphatic carbocycles. The van der Waals surface area contributed by atoms with E-state index in [0.717, 1.165) is 17.8 Å². The van der Waals surface area contributed by atoms with Gasteiger partial charge in [-0.05, 0) is 44.4 Å². The second kappa shape index (κ2) is 6.30. The zero-order chi connectivity index (χ0) is 14.9. The van der Waals surface area contributed by atoms with Crippen molar-refractivity contribution in [3.05, 3.63) is 16.5 Å². The van der Waals surface area contributed by atoms with Crippen LogP contribution in [0.1, 0.15) is 51.4 Å². The van der Waals surface area contributed by atoms with Crippen molar-refractivity contribution in [2.45, 2.75) is 60.0 Å². The Morgan fingerprint density at radius 3 is 2.45 bits per heavy atom. The SMILES string of the molecule is Cc1nc(Cl)c(OC2CC(C)CCC2C(C)C)nc1C. The summed E-state index contributed by atoms with van der Waals surface area (Å²) >= 11 is 6.19. The normalized spacial score (nSPS) is 26.9. The summed E-state index contributed by atoms with van der Waals surface area (Å²) in [5, 5.41) is 0.383. The van der Waals surface area contributed by atoms with Gasteiger partial charge in [0.25, 0.3) is 5.88 Å². The number of hydrogen-bond acceptors (Lipinski definition) is 3. The quantitative estimate of drug-likeness (QED) is 0.818. The molecule has 3 unspecified atom stereocenters. The Labute approximate surface area is 127 Å². The standard InChI is InChI=1S/C16H25ClN2O/c1-9(2)13-7-6-10(3)8-14(13)20-16-15(17)18-11(4)12(5)19-16/h9-10,13-14H,6-8H2,1-5H3. The van der Waals surface area contributed by atoms with Gasteiger partial charge >= 0.3 is 0 Å². The minimum absolute atomic E-state index is 0.202. The van der Waals surface area contributed by atoms with Crippen molar-refractivity contribution in [3.63, 3.8) is 0 Å². The van der Waals surface area contributed by atoms with E-state index in [2.05, 4.69) is 30.7 Å². The van der Waals surface area contributed by atoms with Gasteiger partial charge in [0.05, 0.1) is 11.4 Å². The van der Waals surface area contributed by atoms with Crippen LogP contribution in [0.4, 0.5) is 0 Å². The van der Waals surface area contributed by atoms with Crippen LogP contribution in [0.5, 0.6) is 5.88 Å². The fraction of sp³-hybridized carbons (Fsp3) is 0.750. The molecular weight excluding hydrogens is 272 g/mol. The lowest BCUT2D eigenvalue weighted by atomic mass is 9.75. The van der Waals surface area contributed by atoms with Crippen LogP contribution in [-0.2, 0) is 0 Å². The largest absolute Gasteiger partial charge is 0.472 e. The van der Waals surface area contributed by atoms with E-state index in [0.29, 0.717) is 28.8 Å². The Morgan fingerprint density at radius 1 is 1.15 bits per heavy atom. The van der Waals surface area contributed by atoms with E-state index in [1.54, 1.807) is 0 Å². The molecule has 1 heterocycles. The first-order valence-electron chi connectivity index (χ1n) is 7.55. The van der Waals surface area contributed by atoms with Crippen molar-refractivity contribution in [1.29, 1.82) is 0 Å². The highest BCUT2D eigenvalue weighted by Gasteiger charge is 2.33. The first kappa shape index (κ1) is 15.6. The van der Waals surface area contributed by atoms with Gasteiger partial charge in [-0.2, -0.15) is 0 Å². The fourth-order valence-corrected chi connectivity index (χ4v) is 3.24. The summed E-state index contributed by atoms with van der Waals surface area (Å²) in [5.41, 5.74) is 1.74. The fourth-order valence-electron chi connectivity index (χ4n) is 3.02. The van der Waals surface area contributed by atoms with E-state index in [-0.39, 0.29) is 6.10 Å². The smallest absolute Gasteiger partial charge is 0.252 e. The monoisotopic (exact) mass is 296 g/mol. The summed E-state index contributed by atoms with van der Waals surface area (Å²) in [6, 6.07) is 0. The summed E-state index contributed by atoms with van der Waals surface area (Å²) in [4.78, 5) is 8.77. The lowest BCUT2D eigenvalue weighted by molar-refractivity contribution is 0.0423. The van der Waals surface area contributed by atoms with E-state index in [1.807, 2.05) is 13.8 Å². The van der Waals surface area contributed by atoms with Crippen molar-refractivity contribution in [2.75, 3.05) is 0 Å². The second-order valence-corrected chi connectivity index (χ2v) is 6.83. The van der Waals surface area contributed by atoms with Crippen LogP contribution in [0.3, 0.4) is 0 Å². The molecule has 0 bridgehead atoms. The molecule has 4 heteroatoms.